The Hall–Kier alpha value is -4.33. The molecule has 0 amide bonds. The Balaban J connectivity index is 1.87. The lowest BCUT2D eigenvalue weighted by Crippen LogP contribution is -2.17. The van der Waals surface area contributed by atoms with Crippen molar-refractivity contribution in [2.24, 2.45) is 0 Å². The fourth-order valence-electron chi connectivity index (χ4n) is 6.90. The topological polar surface area (TPSA) is 124 Å². The van der Waals surface area contributed by atoms with E-state index in [4.69, 9.17) is 14.7 Å². The van der Waals surface area contributed by atoms with E-state index in [1.54, 1.807) is 0 Å². The highest BCUT2D eigenvalue weighted by Gasteiger charge is 2.41. The van der Waals surface area contributed by atoms with Gasteiger partial charge < -0.3 is 24.9 Å². The lowest BCUT2D eigenvalue weighted by molar-refractivity contribution is -0.141. The van der Waals surface area contributed by atoms with Gasteiger partial charge in [0, 0.05) is 44.6 Å². The Bertz CT molecular complexity index is 1960. The van der Waals surface area contributed by atoms with E-state index in [9.17, 15) is 15.0 Å². The number of hydrogen-bond donors (Lipinski definition) is 4. The number of esters is 1. The summed E-state index contributed by atoms with van der Waals surface area (Å²) in [5.41, 5.74) is 11.1. The van der Waals surface area contributed by atoms with Crippen LogP contribution in [-0.4, -0.2) is 43.2 Å². The number of aliphatic hydroxyl groups excluding tert-OH is 2. The van der Waals surface area contributed by atoms with Crippen LogP contribution in [0, 0.1) is 13.8 Å². The van der Waals surface area contributed by atoms with Gasteiger partial charge in [0.25, 0.3) is 0 Å². The van der Waals surface area contributed by atoms with E-state index >= 15 is 0 Å². The summed E-state index contributed by atoms with van der Waals surface area (Å²) in [6, 6.07) is 6.05. The van der Waals surface area contributed by atoms with E-state index in [0.29, 0.717) is 21.5 Å². The summed E-state index contributed by atoms with van der Waals surface area (Å²) in [5.74, 6) is -1.38. The van der Waals surface area contributed by atoms with E-state index in [1.807, 2.05) is 32.0 Å². The number of hydrogen-bond acceptors (Lipinski definition) is 6. The van der Waals surface area contributed by atoms with Crippen LogP contribution in [0.1, 0.15) is 97.8 Å². The van der Waals surface area contributed by atoms with E-state index in [2.05, 4.69) is 37.7 Å². The van der Waals surface area contributed by atoms with Crippen molar-refractivity contribution in [3.8, 4) is 0 Å². The van der Waals surface area contributed by atoms with Crippen molar-refractivity contribution in [1.82, 2.24) is 19.9 Å². The summed E-state index contributed by atoms with van der Waals surface area (Å²) in [7, 11) is 1.35. The molecule has 0 radical (unpaired) electrons. The Morgan fingerprint density at radius 3 is 2.39 bits per heavy atom. The number of aromatic amines is 2. The third-order valence-corrected chi connectivity index (χ3v) is 9.29. The Kier molecular flexibility index (Phi) is 6.32. The molecule has 3 atom stereocenters. The van der Waals surface area contributed by atoms with Crippen molar-refractivity contribution in [3.05, 3.63) is 68.1 Å². The highest BCUT2D eigenvalue weighted by molar-refractivity contribution is 5.97. The summed E-state index contributed by atoms with van der Waals surface area (Å²) in [4.78, 5) is 30.3. The summed E-state index contributed by atoms with van der Waals surface area (Å²) in [6.07, 6.45) is 2.74. The summed E-state index contributed by atoms with van der Waals surface area (Å²) in [5, 5.41) is 23.1. The maximum Gasteiger partial charge on any atom is 0.321 e. The first-order chi connectivity index (χ1) is 19.6. The van der Waals surface area contributed by atoms with Crippen molar-refractivity contribution >= 4 is 51.2 Å². The number of fused-ring (bicyclic) bond motifs is 8. The average molecular weight is 553 g/mol. The first kappa shape index (κ1) is 26.9. The molecule has 212 valence electrons. The van der Waals surface area contributed by atoms with Crippen molar-refractivity contribution in [2.45, 2.75) is 72.1 Å². The number of H-pyrrole nitrogens is 2. The van der Waals surface area contributed by atoms with Gasteiger partial charge in [0.15, 0.2) is 0 Å². The van der Waals surface area contributed by atoms with Gasteiger partial charge in [-0.15, -0.1) is 0 Å². The van der Waals surface area contributed by atoms with Gasteiger partial charge in [0.2, 0.25) is 0 Å². The number of aryl methyl sites for hydroxylation is 2. The van der Waals surface area contributed by atoms with Gasteiger partial charge in [-0.25, -0.2) is 4.98 Å². The van der Waals surface area contributed by atoms with Gasteiger partial charge in [-0.05, 0) is 74.1 Å². The molecule has 8 nitrogen and oxygen atoms in total. The maximum atomic E-state index is 13.1. The first-order valence-electron chi connectivity index (χ1n) is 14.2. The zero-order valence-corrected chi connectivity index (χ0v) is 24.6. The fourth-order valence-corrected chi connectivity index (χ4v) is 6.90. The zero-order chi connectivity index (χ0) is 29.3. The maximum absolute atomic E-state index is 13.1. The monoisotopic (exact) mass is 552 g/mol. The Labute approximate surface area is 238 Å². The Morgan fingerprint density at radius 1 is 1.02 bits per heavy atom. The molecule has 0 spiro atoms. The van der Waals surface area contributed by atoms with E-state index in [-0.39, 0.29) is 17.6 Å². The number of carbonyl (C=O) groups excluding carboxylic acids is 1. The molecule has 0 fully saturated rings. The molecule has 3 aliphatic rings. The number of nitrogens with zero attached hydrogens (tertiary/aromatic N) is 2. The minimum absolute atomic E-state index is 0.0108. The molecule has 8 bridgehead atoms. The quantitative estimate of drug-likeness (QED) is 0.304. The number of nitrogens with one attached hydrogen (secondary N) is 2. The number of allylic oxidation sites excluding steroid dienone is 2. The Morgan fingerprint density at radius 2 is 1.73 bits per heavy atom. The molecule has 0 saturated carbocycles. The lowest BCUT2D eigenvalue weighted by Gasteiger charge is -2.18. The van der Waals surface area contributed by atoms with Crippen LogP contribution < -0.4 is 10.4 Å². The molecule has 8 heteroatoms. The number of aromatic nitrogens is 4. The van der Waals surface area contributed by atoms with Gasteiger partial charge >= 0.3 is 5.97 Å². The van der Waals surface area contributed by atoms with E-state index in [1.165, 1.54) is 7.11 Å². The molecule has 0 unspecified atom stereocenters. The second-order valence-electron chi connectivity index (χ2n) is 11.3. The van der Waals surface area contributed by atoms with E-state index in [0.717, 1.165) is 80.7 Å². The van der Waals surface area contributed by atoms with Gasteiger partial charge in [-0.1, -0.05) is 20.8 Å². The standard InChI is InChI=1S/C33H36N4O4/c1-8-18-14(3)22-11-26-20(13-38)16(5)21(35-26)10-23-15(4)19(9-2)30(36-23)28-29(33(40)41-7)32(39)27-17(6)24(37-31(27)28)12-25(18)34-22/h10-13,15,19,29,35,37-39H,8-9H2,1-7H3/t15-,19-,29+/m0/s1. The number of ether oxygens (including phenoxy) is 1. The van der Waals surface area contributed by atoms with Crippen LogP contribution in [0.5, 0.6) is 0 Å². The van der Waals surface area contributed by atoms with Crippen molar-refractivity contribution < 1.29 is 19.7 Å². The highest BCUT2D eigenvalue weighted by Crippen LogP contribution is 2.45. The van der Waals surface area contributed by atoms with Crippen LogP contribution in [-0.2, 0) is 9.53 Å². The molecule has 6 rings (SSSR count). The van der Waals surface area contributed by atoms with Crippen LogP contribution in [0.3, 0.4) is 0 Å². The lowest BCUT2D eigenvalue weighted by atomic mass is 9.85. The smallest absolute Gasteiger partial charge is 0.321 e. The van der Waals surface area contributed by atoms with Crippen molar-refractivity contribution in [2.75, 3.05) is 7.11 Å². The molecule has 2 aliphatic heterocycles. The molecule has 4 N–H and O–H groups in total. The zero-order valence-electron chi connectivity index (χ0n) is 24.6. The molecule has 0 saturated heterocycles. The molecule has 3 aromatic heterocycles. The number of aliphatic hydroxyl groups is 2. The normalized spacial score (nSPS) is 20.3. The fraction of sp³-hybridized carbons (Fsp3) is 0.364. The van der Waals surface area contributed by atoms with Gasteiger partial charge in [0.05, 0.1) is 41.5 Å². The van der Waals surface area contributed by atoms with Crippen LogP contribution in [0.15, 0.2) is 18.2 Å². The van der Waals surface area contributed by atoms with Crippen LogP contribution >= 0.6 is 0 Å². The highest BCUT2D eigenvalue weighted by atomic mass is 16.5. The first-order valence-corrected chi connectivity index (χ1v) is 14.2. The number of rotatable bonds is 3. The molecule has 5 heterocycles. The van der Waals surface area contributed by atoms with Crippen LogP contribution in [0.25, 0.3) is 45.2 Å². The van der Waals surface area contributed by atoms with E-state index < -0.39 is 11.9 Å². The molecule has 3 aromatic rings. The number of carbonyl (C=O) groups is 1. The second kappa shape index (κ2) is 9.65. The van der Waals surface area contributed by atoms with Gasteiger partial charge in [-0.2, -0.15) is 0 Å². The predicted molar refractivity (Wildman–Crippen MR) is 162 cm³/mol. The number of methoxy groups -OCH3 is 1. The summed E-state index contributed by atoms with van der Waals surface area (Å²) < 4.78 is 5.18. The third-order valence-electron chi connectivity index (χ3n) is 9.29. The van der Waals surface area contributed by atoms with Crippen molar-refractivity contribution in [3.63, 3.8) is 0 Å². The molecule has 41 heavy (non-hydrogen) atoms. The minimum Gasteiger partial charge on any atom is -0.515 e. The summed E-state index contributed by atoms with van der Waals surface area (Å²) in [6.45, 7) is 12.4. The predicted octanol–water partition coefficient (Wildman–Crippen LogP) is 5.80. The molecule has 0 aromatic carbocycles. The largest absolute Gasteiger partial charge is 0.515 e. The minimum atomic E-state index is -0.951. The van der Waals surface area contributed by atoms with Gasteiger partial charge in [0.1, 0.15) is 11.7 Å². The molecular formula is C33H36N4O4. The summed E-state index contributed by atoms with van der Waals surface area (Å²) >= 11 is 0. The molecular weight excluding hydrogens is 516 g/mol. The SMILES string of the molecule is CCC1=C(C)c2cc3[nH]c(cc4nc(c5c6[nH]c(cc1n2)c(C)c6=C(O)[C@@H]5C(=O)OC)[C@@H](CC)[C@@H]4C)c(C)c3=CO. The second-order valence-corrected chi connectivity index (χ2v) is 11.3. The third kappa shape index (κ3) is 3.76. The average Bonchev–Trinajstić information content (AvgIpc) is 3.69. The van der Waals surface area contributed by atoms with Gasteiger partial charge in [-0.3, -0.25) is 9.78 Å². The van der Waals surface area contributed by atoms with Crippen LogP contribution in [0.4, 0.5) is 0 Å². The van der Waals surface area contributed by atoms with Crippen molar-refractivity contribution in [1.29, 1.82) is 0 Å². The molecule has 1 aliphatic carbocycles. The van der Waals surface area contributed by atoms with Crippen LogP contribution in [0.2, 0.25) is 0 Å².